The number of hydrogen-bond donors (Lipinski definition) is 1. The van der Waals surface area contributed by atoms with Gasteiger partial charge in [-0.3, -0.25) is 4.79 Å². The summed E-state index contributed by atoms with van der Waals surface area (Å²) >= 11 is 2.54. The maximum absolute atomic E-state index is 12.4. The van der Waals surface area contributed by atoms with Crippen molar-refractivity contribution >= 4 is 43.7 Å². The molecule has 124 valence electrons. The second kappa shape index (κ2) is 6.63. The van der Waals surface area contributed by atoms with Gasteiger partial charge in [-0.05, 0) is 31.2 Å². The molecule has 0 radical (unpaired) electrons. The highest BCUT2D eigenvalue weighted by atomic mass is 32.2. The molecule has 7 nitrogen and oxygen atoms in total. The van der Waals surface area contributed by atoms with Crippen LogP contribution in [0.1, 0.15) is 17.8 Å². The Hall–Kier alpha value is -1.36. The van der Waals surface area contributed by atoms with Gasteiger partial charge in [-0.2, -0.15) is 4.31 Å². The topological polar surface area (TPSA) is 92.3 Å². The SMILES string of the molecule is Cc1nnc(NC(=O)C2CCN(S(=O)(=O)c3cccs3)CC2)s1. The molecule has 2 aromatic heterocycles. The molecule has 0 atom stereocenters. The molecule has 1 aliphatic heterocycles. The molecule has 1 aliphatic rings. The first-order valence-electron chi connectivity index (χ1n) is 7.11. The third-order valence-corrected chi connectivity index (χ3v) is 7.70. The number of sulfonamides is 1. The number of aryl methyl sites for hydroxylation is 1. The Bertz CT molecular complexity index is 777. The van der Waals surface area contributed by atoms with Gasteiger partial charge in [0.2, 0.25) is 11.0 Å². The Balaban J connectivity index is 1.59. The van der Waals surface area contributed by atoms with E-state index in [0.29, 0.717) is 35.3 Å². The summed E-state index contributed by atoms with van der Waals surface area (Å²) in [5.74, 6) is -0.316. The van der Waals surface area contributed by atoms with Gasteiger partial charge in [0.05, 0.1) is 0 Å². The number of rotatable bonds is 4. The van der Waals surface area contributed by atoms with E-state index in [1.54, 1.807) is 17.5 Å². The van der Waals surface area contributed by atoms with Gasteiger partial charge in [-0.1, -0.05) is 17.4 Å². The highest BCUT2D eigenvalue weighted by Gasteiger charge is 2.32. The van der Waals surface area contributed by atoms with Crippen LogP contribution >= 0.6 is 22.7 Å². The molecule has 3 heterocycles. The van der Waals surface area contributed by atoms with Gasteiger partial charge in [-0.15, -0.1) is 21.5 Å². The normalized spacial score (nSPS) is 17.3. The lowest BCUT2D eigenvalue weighted by Crippen LogP contribution is -2.41. The van der Waals surface area contributed by atoms with E-state index in [9.17, 15) is 13.2 Å². The van der Waals surface area contributed by atoms with E-state index in [1.165, 1.54) is 27.0 Å². The van der Waals surface area contributed by atoms with E-state index in [4.69, 9.17) is 0 Å². The molecule has 0 spiro atoms. The fourth-order valence-corrected chi connectivity index (χ4v) is 5.66. The molecule has 0 unspecified atom stereocenters. The van der Waals surface area contributed by atoms with Gasteiger partial charge in [-0.25, -0.2) is 8.42 Å². The Morgan fingerprint density at radius 2 is 2.09 bits per heavy atom. The predicted molar refractivity (Wildman–Crippen MR) is 89.1 cm³/mol. The monoisotopic (exact) mass is 372 g/mol. The van der Waals surface area contributed by atoms with Gasteiger partial charge in [0.25, 0.3) is 10.0 Å². The minimum atomic E-state index is -3.42. The predicted octanol–water partition coefficient (Wildman–Crippen LogP) is 1.95. The van der Waals surface area contributed by atoms with E-state index < -0.39 is 10.0 Å². The average Bonchev–Trinajstić information content (AvgIpc) is 3.19. The van der Waals surface area contributed by atoms with Crippen LogP contribution in [-0.4, -0.2) is 41.9 Å². The number of aromatic nitrogens is 2. The lowest BCUT2D eigenvalue weighted by atomic mass is 9.97. The molecule has 0 aliphatic carbocycles. The van der Waals surface area contributed by atoms with E-state index in [0.717, 1.165) is 5.01 Å². The lowest BCUT2D eigenvalue weighted by Gasteiger charge is -2.29. The molecule has 0 aromatic carbocycles. The van der Waals surface area contributed by atoms with E-state index >= 15 is 0 Å². The smallest absolute Gasteiger partial charge is 0.252 e. The molecule has 23 heavy (non-hydrogen) atoms. The maximum atomic E-state index is 12.4. The van der Waals surface area contributed by atoms with Crippen molar-refractivity contribution in [1.82, 2.24) is 14.5 Å². The zero-order chi connectivity index (χ0) is 16.4. The number of nitrogens with zero attached hydrogens (tertiary/aromatic N) is 3. The number of thiophene rings is 1. The number of piperidine rings is 1. The number of hydrogen-bond acceptors (Lipinski definition) is 7. The Kier molecular flexibility index (Phi) is 4.76. The van der Waals surface area contributed by atoms with Gasteiger partial charge in [0.1, 0.15) is 9.22 Å². The third kappa shape index (κ3) is 3.60. The first-order valence-corrected chi connectivity index (χ1v) is 10.2. The average molecular weight is 372 g/mol. The molecular weight excluding hydrogens is 356 g/mol. The summed E-state index contributed by atoms with van der Waals surface area (Å²) in [6, 6.07) is 3.33. The molecule has 0 saturated carbocycles. The highest BCUT2D eigenvalue weighted by Crippen LogP contribution is 2.27. The highest BCUT2D eigenvalue weighted by molar-refractivity contribution is 7.91. The minimum Gasteiger partial charge on any atom is -0.300 e. The second-order valence-corrected chi connectivity index (χ2v) is 9.52. The molecule has 2 aromatic rings. The fourth-order valence-electron chi connectivity index (χ4n) is 2.45. The van der Waals surface area contributed by atoms with Gasteiger partial charge in [0.15, 0.2) is 0 Å². The summed E-state index contributed by atoms with van der Waals surface area (Å²) in [7, 11) is -3.42. The van der Waals surface area contributed by atoms with Crippen molar-refractivity contribution < 1.29 is 13.2 Å². The lowest BCUT2D eigenvalue weighted by molar-refractivity contribution is -0.120. The van der Waals surface area contributed by atoms with Crippen LogP contribution in [0, 0.1) is 12.8 Å². The molecule has 1 saturated heterocycles. The van der Waals surface area contributed by atoms with Crippen molar-refractivity contribution in [3.05, 3.63) is 22.5 Å². The first-order chi connectivity index (χ1) is 11.0. The van der Waals surface area contributed by atoms with Gasteiger partial charge >= 0.3 is 0 Å². The number of carbonyl (C=O) groups excluding carboxylic acids is 1. The molecule has 1 N–H and O–H groups in total. The standard InChI is InChI=1S/C13H16N4O3S3/c1-9-15-16-13(22-9)14-12(18)10-4-6-17(7-5-10)23(19,20)11-3-2-8-21-11/h2-3,8,10H,4-7H2,1H3,(H,14,16,18). The zero-order valence-electron chi connectivity index (χ0n) is 12.4. The van der Waals surface area contributed by atoms with E-state index in [2.05, 4.69) is 15.5 Å². The first kappa shape index (κ1) is 16.5. The van der Waals surface area contributed by atoms with Crippen molar-refractivity contribution in [2.75, 3.05) is 18.4 Å². The molecule has 1 amide bonds. The second-order valence-electron chi connectivity index (χ2n) is 5.23. The number of anilines is 1. The summed E-state index contributed by atoms with van der Waals surface area (Å²) in [4.78, 5) is 12.2. The van der Waals surface area contributed by atoms with Crippen LogP contribution in [0.2, 0.25) is 0 Å². The Labute approximate surface area is 142 Å². The van der Waals surface area contributed by atoms with Gasteiger partial charge < -0.3 is 5.32 Å². The Morgan fingerprint density at radius 1 is 1.35 bits per heavy atom. The van der Waals surface area contributed by atoms with Crippen molar-refractivity contribution in [3.63, 3.8) is 0 Å². The van der Waals surface area contributed by atoms with Crippen molar-refractivity contribution in [2.24, 2.45) is 5.92 Å². The molecule has 0 bridgehead atoms. The van der Waals surface area contributed by atoms with Crippen LogP contribution in [0.5, 0.6) is 0 Å². The summed E-state index contributed by atoms with van der Waals surface area (Å²) in [6.07, 6.45) is 1.02. The van der Waals surface area contributed by atoms with Crippen LogP contribution in [0.3, 0.4) is 0 Å². The summed E-state index contributed by atoms with van der Waals surface area (Å²) < 4.78 is 26.7. The van der Waals surface area contributed by atoms with Crippen LogP contribution in [-0.2, 0) is 14.8 Å². The summed E-state index contributed by atoms with van der Waals surface area (Å²) in [5.41, 5.74) is 0. The molecule has 3 rings (SSSR count). The molecular formula is C13H16N4O3S3. The van der Waals surface area contributed by atoms with Crippen LogP contribution in [0.4, 0.5) is 5.13 Å². The van der Waals surface area contributed by atoms with Crippen LogP contribution < -0.4 is 5.32 Å². The molecule has 10 heteroatoms. The van der Waals surface area contributed by atoms with Gasteiger partial charge in [0, 0.05) is 19.0 Å². The number of nitrogens with one attached hydrogen (secondary N) is 1. The zero-order valence-corrected chi connectivity index (χ0v) is 14.9. The van der Waals surface area contributed by atoms with E-state index in [-0.39, 0.29) is 11.8 Å². The molecule has 1 fully saturated rings. The van der Waals surface area contributed by atoms with Crippen molar-refractivity contribution in [1.29, 1.82) is 0 Å². The fraction of sp³-hybridized carbons (Fsp3) is 0.462. The maximum Gasteiger partial charge on any atom is 0.252 e. The minimum absolute atomic E-state index is 0.116. The van der Waals surface area contributed by atoms with Crippen LogP contribution in [0.25, 0.3) is 0 Å². The van der Waals surface area contributed by atoms with Crippen LogP contribution in [0.15, 0.2) is 21.7 Å². The number of carbonyl (C=O) groups is 1. The van der Waals surface area contributed by atoms with E-state index in [1.807, 2.05) is 6.92 Å². The summed E-state index contributed by atoms with van der Waals surface area (Å²) in [6.45, 7) is 2.53. The Morgan fingerprint density at radius 3 is 2.65 bits per heavy atom. The quantitative estimate of drug-likeness (QED) is 0.885. The van der Waals surface area contributed by atoms with Crippen molar-refractivity contribution in [2.45, 2.75) is 24.0 Å². The summed E-state index contributed by atoms with van der Waals surface area (Å²) in [5, 5.41) is 13.5. The third-order valence-electron chi connectivity index (χ3n) is 3.67. The van der Waals surface area contributed by atoms with Crippen molar-refractivity contribution in [3.8, 4) is 0 Å². The number of amides is 1. The largest absolute Gasteiger partial charge is 0.300 e.